The summed E-state index contributed by atoms with van der Waals surface area (Å²) in [5.41, 5.74) is 0.917. The van der Waals surface area contributed by atoms with Gasteiger partial charge in [-0.2, -0.15) is 0 Å². The van der Waals surface area contributed by atoms with Crippen molar-refractivity contribution in [2.75, 3.05) is 0 Å². The number of aromatic nitrogens is 3. The van der Waals surface area contributed by atoms with Gasteiger partial charge in [-0.25, -0.2) is 4.40 Å². The average molecular weight is 191 g/mol. The van der Waals surface area contributed by atoms with Gasteiger partial charge in [0.05, 0.1) is 0 Å². The molecule has 0 bridgehead atoms. The zero-order valence-corrected chi connectivity index (χ0v) is 7.36. The molecule has 3 rings (SSSR count). The Labute approximate surface area is 76.3 Å². The lowest BCUT2D eigenvalue weighted by Crippen LogP contribution is -1.74. The molecule has 0 fully saturated rings. The molecule has 0 radical (unpaired) electrons. The van der Waals surface area contributed by atoms with Crippen LogP contribution in [0.3, 0.4) is 0 Å². The van der Waals surface area contributed by atoms with Crippen molar-refractivity contribution in [3.05, 3.63) is 30.6 Å². The standard InChI is InChI=1S/C8H5N3OS/c12-13-7-4-2-1-3-6(7)11-5-9-10-8(11)13/h1-5H. The molecule has 1 atom stereocenters. The van der Waals surface area contributed by atoms with Crippen molar-refractivity contribution in [3.8, 4) is 0 Å². The molecule has 0 aliphatic heterocycles. The minimum Gasteiger partial charge on any atom is -0.587 e. The lowest BCUT2D eigenvalue weighted by Gasteiger charge is -1.85. The van der Waals surface area contributed by atoms with Crippen molar-refractivity contribution in [2.45, 2.75) is 0 Å². The number of fused-ring (bicyclic) bond motifs is 3. The zero-order chi connectivity index (χ0) is 8.84. The number of hydrogen-bond donors (Lipinski definition) is 0. The third-order valence-corrected chi connectivity index (χ3v) is 3.36. The maximum absolute atomic E-state index is 11.7. The molecule has 0 saturated carbocycles. The van der Waals surface area contributed by atoms with Gasteiger partial charge in [0.25, 0.3) is 0 Å². The van der Waals surface area contributed by atoms with Crippen LogP contribution in [-0.2, 0) is 0 Å². The Morgan fingerprint density at radius 3 is 3.08 bits per heavy atom. The fraction of sp³-hybridized carbons (Fsp3) is 0. The van der Waals surface area contributed by atoms with E-state index in [9.17, 15) is 4.55 Å². The average Bonchev–Trinajstić information content (AvgIpc) is 2.72. The Bertz CT molecular complexity index is 583. The highest BCUT2D eigenvalue weighted by molar-refractivity contribution is 7.35. The molecule has 0 aliphatic carbocycles. The van der Waals surface area contributed by atoms with Crippen LogP contribution in [0.15, 0.2) is 30.6 Å². The van der Waals surface area contributed by atoms with Gasteiger partial charge in [0.15, 0.2) is 4.70 Å². The van der Waals surface area contributed by atoms with Gasteiger partial charge >= 0.3 is 4.96 Å². The molecule has 0 saturated heterocycles. The maximum atomic E-state index is 11.7. The van der Waals surface area contributed by atoms with E-state index in [1.165, 1.54) is 0 Å². The van der Waals surface area contributed by atoms with Crippen molar-refractivity contribution in [1.82, 2.24) is 14.6 Å². The summed E-state index contributed by atoms with van der Waals surface area (Å²) in [4.78, 5) is 0.515. The van der Waals surface area contributed by atoms with E-state index >= 15 is 0 Å². The predicted octanol–water partition coefficient (Wildman–Crippen LogP) is 1.61. The summed E-state index contributed by atoms with van der Waals surface area (Å²) >= 11 is 0. The minimum atomic E-state index is -1.15. The van der Waals surface area contributed by atoms with Crippen molar-refractivity contribution < 1.29 is 4.55 Å². The van der Waals surface area contributed by atoms with E-state index < -0.39 is 10.8 Å². The van der Waals surface area contributed by atoms with E-state index in [-0.39, 0.29) is 0 Å². The zero-order valence-electron chi connectivity index (χ0n) is 6.54. The summed E-state index contributed by atoms with van der Waals surface area (Å²) in [7, 11) is -1.15. The topological polar surface area (TPSA) is 53.2 Å². The Kier molecular flexibility index (Phi) is 1.22. The van der Waals surface area contributed by atoms with Crippen molar-refractivity contribution in [2.24, 2.45) is 0 Å². The van der Waals surface area contributed by atoms with Crippen LogP contribution in [0, 0.1) is 0 Å². The Balaban J connectivity index is 2.72. The van der Waals surface area contributed by atoms with Crippen LogP contribution in [0.1, 0.15) is 0 Å². The highest BCUT2D eigenvalue weighted by atomic mass is 32.2. The van der Waals surface area contributed by atoms with Crippen LogP contribution in [-0.4, -0.2) is 19.2 Å². The second-order valence-corrected chi connectivity index (χ2v) is 4.06. The summed E-state index contributed by atoms with van der Waals surface area (Å²) < 4.78 is 14.3. The van der Waals surface area contributed by atoms with E-state index in [2.05, 4.69) is 10.2 Å². The molecule has 0 spiro atoms. The van der Waals surface area contributed by atoms with E-state index in [0.717, 1.165) is 10.2 Å². The van der Waals surface area contributed by atoms with Gasteiger partial charge in [-0.05, 0) is 6.07 Å². The predicted molar refractivity (Wildman–Crippen MR) is 49.1 cm³/mol. The van der Waals surface area contributed by atoms with Gasteiger partial charge < -0.3 is 4.55 Å². The van der Waals surface area contributed by atoms with Gasteiger partial charge in [0, 0.05) is 16.8 Å². The molecule has 5 heteroatoms. The van der Waals surface area contributed by atoms with Gasteiger partial charge in [-0.3, -0.25) is 0 Å². The number of thiazole rings is 1. The third-order valence-electron chi connectivity index (χ3n) is 2.01. The first-order valence-electron chi connectivity index (χ1n) is 3.79. The molecular formula is C8H5N3OS. The van der Waals surface area contributed by atoms with Crippen LogP contribution < -0.4 is 0 Å². The first-order chi connectivity index (χ1) is 6.38. The highest BCUT2D eigenvalue weighted by Gasteiger charge is 2.15. The highest BCUT2D eigenvalue weighted by Crippen LogP contribution is 2.32. The molecule has 0 amide bonds. The third kappa shape index (κ3) is 0.773. The molecular weight excluding hydrogens is 186 g/mol. The fourth-order valence-corrected chi connectivity index (χ4v) is 2.63. The second-order valence-electron chi connectivity index (χ2n) is 2.72. The maximum Gasteiger partial charge on any atom is 0.370 e. The molecule has 13 heavy (non-hydrogen) atoms. The summed E-state index contributed by atoms with van der Waals surface area (Å²) in [5, 5.41) is 7.52. The number of nitrogens with zero attached hydrogens (tertiary/aromatic N) is 3. The molecule has 2 heterocycles. The molecule has 2 aromatic heterocycles. The fourth-order valence-electron chi connectivity index (χ4n) is 1.43. The monoisotopic (exact) mass is 191 g/mol. The number of hydrogen-bond acceptors (Lipinski definition) is 3. The molecule has 4 nitrogen and oxygen atoms in total. The van der Waals surface area contributed by atoms with Crippen LogP contribution in [0.5, 0.6) is 0 Å². The Morgan fingerprint density at radius 2 is 2.15 bits per heavy atom. The van der Waals surface area contributed by atoms with Crippen molar-refractivity contribution in [3.63, 3.8) is 0 Å². The van der Waals surface area contributed by atoms with E-state index in [0.29, 0.717) is 4.96 Å². The molecule has 3 aromatic rings. The lowest BCUT2D eigenvalue weighted by molar-refractivity contribution is 0.601. The first-order valence-corrected chi connectivity index (χ1v) is 4.94. The second kappa shape index (κ2) is 2.27. The quantitative estimate of drug-likeness (QED) is 0.507. The molecule has 0 aliphatic rings. The smallest absolute Gasteiger partial charge is 0.370 e. The summed E-state index contributed by atoms with van der Waals surface area (Å²) in [5.74, 6) is 0. The Morgan fingerprint density at radius 1 is 1.31 bits per heavy atom. The van der Waals surface area contributed by atoms with Gasteiger partial charge in [0.1, 0.15) is 11.8 Å². The van der Waals surface area contributed by atoms with Gasteiger partial charge in [0.2, 0.25) is 0 Å². The number of rotatable bonds is 0. The van der Waals surface area contributed by atoms with E-state index in [4.69, 9.17) is 0 Å². The number of benzene rings is 1. The Hall–Kier alpha value is -1.46. The van der Waals surface area contributed by atoms with Crippen LogP contribution in [0.2, 0.25) is 0 Å². The summed E-state index contributed by atoms with van der Waals surface area (Å²) in [6.45, 7) is 0. The minimum absolute atomic E-state index is 0.515. The van der Waals surface area contributed by atoms with Crippen molar-refractivity contribution in [1.29, 1.82) is 0 Å². The van der Waals surface area contributed by atoms with E-state index in [1.54, 1.807) is 10.7 Å². The lowest BCUT2D eigenvalue weighted by atomic mass is 10.3. The van der Waals surface area contributed by atoms with Gasteiger partial charge in [-0.1, -0.05) is 17.2 Å². The van der Waals surface area contributed by atoms with Crippen molar-refractivity contribution >= 4 is 25.9 Å². The van der Waals surface area contributed by atoms with E-state index in [1.807, 2.05) is 24.3 Å². The molecule has 64 valence electrons. The molecule has 0 N–H and O–H groups in total. The summed E-state index contributed by atoms with van der Waals surface area (Å²) in [6, 6.07) is 7.54. The van der Waals surface area contributed by atoms with Crippen LogP contribution in [0.4, 0.5) is 0 Å². The van der Waals surface area contributed by atoms with Crippen LogP contribution >= 0.6 is 10.8 Å². The van der Waals surface area contributed by atoms with Crippen LogP contribution in [0.25, 0.3) is 15.2 Å². The van der Waals surface area contributed by atoms with Gasteiger partial charge in [-0.15, -0.1) is 5.10 Å². The molecule has 1 unspecified atom stereocenters. The number of para-hydroxylation sites is 1. The normalized spacial score (nSPS) is 12.8. The SMILES string of the molecule is [O-][s+]1c2ccccc2n2cnnc21. The first kappa shape index (κ1) is 6.99. The largest absolute Gasteiger partial charge is 0.587 e. The molecule has 1 aromatic carbocycles. The summed E-state index contributed by atoms with van der Waals surface area (Å²) in [6.07, 6.45) is 1.58.